The summed E-state index contributed by atoms with van der Waals surface area (Å²) in [5, 5.41) is 18.4. The van der Waals surface area contributed by atoms with E-state index in [1.165, 1.54) is 35.0 Å². The summed E-state index contributed by atoms with van der Waals surface area (Å²) in [4.78, 5) is 23.4. The Balaban J connectivity index is 2.10. The lowest BCUT2D eigenvalue weighted by atomic mass is 10.1. The minimum Gasteiger partial charge on any atom is -0.348 e. The molecule has 1 atom stereocenters. The first-order chi connectivity index (χ1) is 13.4. The Hall–Kier alpha value is -3.55. The van der Waals surface area contributed by atoms with Gasteiger partial charge in [-0.2, -0.15) is 5.10 Å². The van der Waals surface area contributed by atoms with Crippen LogP contribution in [0.1, 0.15) is 30.8 Å². The van der Waals surface area contributed by atoms with E-state index in [-0.39, 0.29) is 29.1 Å². The van der Waals surface area contributed by atoms with Crippen LogP contribution in [0.4, 0.5) is 10.1 Å². The van der Waals surface area contributed by atoms with E-state index in [9.17, 15) is 19.3 Å². The molecule has 2 aromatic carbocycles. The average molecular weight is 382 g/mol. The zero-order valence-corrected chi connectivity index (χ0v) is 15.4. The van der Waals surface area contributed by atoms with Gasteiger partial charge in [0.05, 0.1) is 16.3 Å². The van der Waals surface area contributed by atoms with Gasteiger partial charge >= 0.3 is 0 Å². The van der Waals surface area contributed by atoms with Crippen molar-refractivity contribution in [2.75, 3.05) is 0 Å². The molecule has 1 N–H and O–H groups in total. The van der Waals surface area contributed by atoms with Gasteiger partial charge in [-0.15, -0.1) is 0 Å². The summed E-state index contributed by atoms with van der Waals surface area (Å²) in [5.41, 5.74) is 1.60. The Morgan fingerprint density at radius 1 is 1.25 bits per heavy atom. The lowest BCUT2D eigenvalue weighted by Crippen LogP contribution is -2.33. The van der Waals surface area contributed by atoms with Crippen LogP contribution in [0, 0.1) is 15.9 Å². The van der Waals surface area contributed by atoms with Crippen molar-refractivity contribution in [2.45, 2.75) is 26.3 Å². The summed E-state index contributed by atoms with van der Waals surface area (Å²) < 4.78 is 14.6. The molecule has 144 valence electrons. The molecule has 0 radical (unpaired) electrons. The molecule has 1 heterocycles. The number of rotatable bonds is 6. The second-order valence-electron chi connectivity index (χ2n) is 6.39. The number of benzene rings is 2. The number of nitrogens with one attached hydrogen (secondary N) is 1. The lowest BCUT2D eigenvalue weighted by molar-refractivity contribution is -0.384. The highest BCUT2D eigenvalue weighted by atomic mass is 19.1. The Morgan fingerprint density at radius 2 is 1.96 bits per heavy atom. The van der Waals surface area contributed by atoms with E-state index in [1.54, 1.807) is 24.3 Å². The van der Waals surface area contributed by atoms with Gasteiger partial charge in [-0.25, -0.2) is 9.07 Å². The van der Waals surface area contributed by atoms with Gasteiger partial charge in [0.15, 0.2) is 0 Å². The number of hydrogen-bond acceptors (Lipinski definition) is 4. The molecule has 3 aromatic rings. The summed E-state index contributed by atoms with van der Waals surface area (Å²) in [7, 11) is 0. The van der Waals surface area contributed by atoms with Gasteiger partial charge in [0.1, 0.15) is 11.5 Å². The number of hydrogen-bond donors (Lipinski definition) is 1. The van der Waals surface area contributed by atoms with E-state index in [0.717, 1.165) is 6.42 Å². The second kappa shape index (κ2) is 7.99. The first-order valence-corrected chi connectivity index (χ1v) is 8.80. The lowest BCUT2D eigenvalue weighted by Gasteiger charge is -2.12. The number of aromatic nitrogens is 2. The molecular formula is C20H19FN4O3. The molecule has 0 spiro atoms. The van der Waals surface area contributed by atoms with Gasteiger partial charge in [-0.1, -0.05) is 13.0 Å². The van der Waals surface area contributed by atoms with Gasteiger partial charge in [0.2, 0.25) is 0 Å². The fourth-order valence-corrected chi connectivity index (χ4v) is 2.64. The van der Waals surface area contributed by atoms with Crippen molar-refractivity contribution in [2.24, 2.45) is 0 Å². The molecule has 1 amide bonds. The van der Waals surface area contributed by atoms with Gasteiger partial charge in [0, 0.05) is 23.7 Å². The van der Waals surface area contributed by atoms with E-state index in [4.69, 9.17) is 0 Å². The van der Waals surface area contributed by atoms with Crippen molar-refractivity contribution in [3.63, 3.8) is 0 Å². The number of nitrogens with zero attached hydrogens (tertiary/aromatic N) is 3. The minimum atomic E-state index is -0.507. The van der Waals surface area contributed by atoms with Gasteiger partial charge in [-0.05, 0) is 49.7 Å². The third-order valence-corrected chi connectivity index (χ3v) is 4.36. The SMILES string of the molecule is CCC(C)NC(=O)c1cc(-c2ccc(F)cc2)nn1-c1cccc([N+](=O)[O-])c1. The van der Waals surface area contributed by atoms with Gasteiger partial charge < -0.3 is 5.32 Å². The number of nitro benzene ring substituents is 1. The van der Waals surface area contributed by atoms with Crippen molar-refractivity contribution >= 4 is 11.6 Å². The Morgan fingerprint density at radius 3 is 2.61 bits per heavy atom. The van der Waals surface area contributed by atoms with Gasteiger partial charge in [-0.3, -0.25) is 14.9 Å². The molecule has 1 aromatic heterocycles. The molecule has 0 saturated carbocycles. The molecular weight excluding hydrogens is 363 g/mol. The first kappa shape index (κ1) is 19.2. The summed E-state index contributed by atoms with van der Waals surface area (Å²) >= 11 is 0. The largest absolute Gasteiger partial charge is 0.348 e. The number of nitro groups is 1. The summed E-state index contributed by atoms with van der Waals surface area (Å²) in [6.07, 6.45) is 0.751. The predicted octanol–water partition coefficient (Wildman–Crippen LogP) is 4.11. The molecule has 7 nitrogen and oxygen atoms in total. The molecule has 8 heteroatoms. The Labute approximate surface area is 161 Å². The predicted molar refractivity (Wildman–Crippen MR) is 103 cm³/mol. The highest BCUT2D eigenvalue weighted by Crippen LogP contribution is 2.24. The van der Waals surface area contributed by atoms with Crippen LogP contribution in [0.2, 0.25) is 0 Å². The Bertz CT molecular complexity index is 1010. The quantitative estimate of drug-likeness (QED) is 0.513. The maximum absolute atomic E-state index is 13.2. The molecule has 28 heavy (non-hydrogen) atoms. The summed E-state index contributed by atoms with van der Waals surface area (Å²) in [5.74, 6) is -0.724. The molecule has 0 bridgehead atoms. The number of carbonyl (C=O) groups excluding carboxylic acids is 1. The van der Waals surface area contributed by atoms with Crippen LogP contribution in [0.3, 0.4) is 0 Å². The van der Waals surface area contributed by atoms with Crippen molar-refractivity contribution in [1.82, 2.24) is 15.1 Å². The number of amides is 1. The molecule has 0 fully saturated rings. The van der Waals surface area contributed by atoms with Crippen LogP contribution in [0.25, 0.3) is 16.9 Å². The van der Waals surface area contributed by atoms with Crippen LogP contribution in [0.15, 0.2) is 54.6 Å². The molecule has 3 rings (SSSR count). The summed E-state index contributed by atoms with van der Waals surface area (Å²) in [6.45, 7) is 3.83. The molecule has 1 unspecified atom stereocenters. The van der Waals surface area contributed by atoms with Crippen LogP contribution in [-0.2, 0) is 0 Å². The van der Waals surface area contributed by atoms with Crippen LogP contribution >= 0.6 is 0 Å². The van der Waals surface area contributed by atoms with E-state index >= 15 is 0 Å². The zero-order chi connectivity index (χ0) is 20.3. The molecule has 0 saturated heterocycles. The van der Waals surface area contributed by atoms with E-state index in [1.807, 2.05) is 13.8 Å². The van der Waals surface area contributed by atoms with Crippen LogP contribution in [-0.4, -0.2) is 26.7 Å². The maximum atomic E-state index is 13.2. The van der Waals surface area contributed by atoms with Crippen molar-refractivity contribution in [1.29, 1.82) is 0 Å². The van der Waals surface area contributed by atoms with Crippen LogP contribution < -0.4 is 5.32 Å². The zero-order valence-electron chi connectivity index (χ0n) is 15.4. The first-order valence-electron chi connectivity index (χ1n) is 8.80. The van der Waals surface area contributed by atoms with Crippen molar-refractivity contribution in [3.05, 3.63) is 76.2 Å². The summed E-state index contributed by atoms with van der Waals surface area (Å²) in [6, 6.07) is 13.2. The topological polar surface area (TPSA) is 90.1 Å². The highest BCUT2D eigenvalue weighted by molar-refractivity contribution is 5.94. The van der Waals surface area contributed by atoms with Crippen LogP contribution in [0.5, 0.6) is 0 Å². The standard InChI is InChI=1S/C20H19FN4O3/c1-3-13(2)22-20(26)19-12-18(14-7-9-15(21)10-8-14)23-24(19)16-5-4-6-17(11-16)25(27)28/h4-13H,3H2,1-2H3,(H,22,26). The number of non-ortho nitro benzene ring substituents is 1. The molecule has 0 aliphatic rings. The number of halogens is 1. The smallest absolute Gasteiger partial charge is 0.271 e. The number of carbonyl (C=O) groups is 1. The van der Waals surface area contributed by atoms with E-state index in [0.29, 0.717) is 16.9 Å². The van der Waals surface area contributed by atoms with Crippen molar-refractivity contribution in [3.8, 4) is 16.9 Å². The highest BCUT2D eigenvalue weighted by Gasteiger charge is 2.20. The van der Waals surface area contributed by atoms with E-state index in [2.05, 4.69) is 10.4 Å². The fourth-order valence-electron chi connectivity index (χ4n) is 2.64. The normalized spacial score (nSPS) is 11.8. The average Bonchev–Trinajstić information content (AvgIpc) is 3.14. The monoisotopic (exact) mass is 382 g/mol. The third-order valence-electron chi connectivity index (χ3n) is 4.36. The maximum Gasteiger partial charge on any atom is 0.271 e. The fraction of sp³-hybridized carbons (Fsp3) is 0.200. The Kier molecular flexibility index (Phi) is 5.49. The third kappa shape index (κ3) is 4.06. The molecule has 0 aliphatic heterocycles. The van der Waals surface area contributed by atoms with Gasteiger partial charge in [0.25, 0.3) is 11.6 Å². The second-order valence-corrected chi connectivity index (χ2v) is 6.39. The molecule has 0 aliphatic carbocycles. The van der Waals surface area contributed by atoms with E-state index < -0.39 is 4.92 Å². The van der Waals surface area contributed by atoms with Crippen molar-refractivity contribution < 1.29 is 14.1 Å². The minimum absolute atomic E-state index is 0.0461.